The second-order valence-electron chi connectivity index (χ2n) is 5.06. The maximum absolute atomic E-state index is 12.1. The van der Waals surface area contributed by atoms with Gasteiger partial charge in [-0.25, -0.2) is 0 Å². The molecule has 4 heteroatoms. The van der Waals surface area contributed by atoms with Crippen molar-refractivity contribution in [1.82, 2.24) is 9.88 Å². The Hall–Kier alpha value is -0.770. The quantitative estimate of drug-likeness (QED) is 0.909. The van der Waals surface area contributed by atoms with Gasteiger partial charge in [-0.3, -0.25) is 4.79 Å². The van der Waals surface area contributed by atoms with E-state index in [1.54, 1.807) is 0 Å². The van der Waals surface area contributed by atoms with Crippen molar-refractivity contribution in [2.24, 2.45) is 0 Å². The molecule has 16 heavy (non-hydrogen) atoms. The zero-order chi connectivity index (χ0) is 11.9. The minimum atomic E-state index is 0.0272. The second kappa shape index (κ2) is 3.91. The Morgan fingerprint density at radius 3 is 2.69 bits per heavy atom. The van der Waals surface area contributed by atoms with E-state index in [-0.39, 0.29) is 11.4 Å². The van der Waals surface area contributed by atoms with E-state index in [1.165, 1.54) is 0 Å². The molecule has 0 saturated heterocycles. The predicted octanol–water partition coefficient (Wildman–Crippen LogP) is 3.11. The van der Waals surface area contributed by atoms with Crippen molar-refractivity contribution in [1.29, 1.82) is 0 Å². The fourth-order valence-electron chi connectivity index (χ4n) is 1.71. The predicted molar refractivity (Wildman–Crippen MR) is 67.6 cm³/mol. The van der Waals surface area contributed by atoms with E-state index >= 15 is 0 Å². The lowest BCUT2D eigenvalue weighted by atomic mass is 10.3. The van der Waals surface area contributed by atoms with E-state index in [9.17, 15) is 4.79 Å². The highest BCUT2D eigenvalue weighted by molar-refractivity contribution is 9.10. The van der Waals surface area contributed by atoms with Crippen LogP contribution in [-0.4, -0.2) is 16.0 Å². The third-order valence-corrected chi connectivity index (χ3v) is 3.45. The van der Waals surface area contributed by atoms with Gasteiger partial charge in [-0.15, -0.1) is 0 Å². The van der Waals surface area contributed by atoms with Crippen molar-refractivity contribution >= 4 is 21.8 Å². The molecule has 0 aliphatic heterocycles. The smallest absolute Gasteiger partial charge is 0.268 e. The first kappa shape index (κ1) is 11.7. The number of halogens is 1. The van der Waals surface area contributed by atoms with Gasteiger partial charge in [-0.2, -0.15) is 0 Å². The zero-order valence-electron chi connectivity index (χ0n) is 9.88. The normalized spacial score (nSPS) is 17.6. The first-order chi connectivity index (χ1) is 7.41. The SMILES string of the molecule is CC(C)n1cc(Br)cc1C(=O)NC1(C)CC1. The summed E-state index contributed by atoms with van der Waals surface area (Å²) in [7, 11) is 0. The Balaban J connectivity index is 2.21. The van der Waals surface area contributed by atoms with Crippen LogP contribution in [0.3, 0.4) is 0 Å². The average Bonchev–Trinajstić information content (AvgIpc) is 2.76. The highest BCUT2D eigenvalue weighted by Crippen LogP contribution is 2.34. The highest BCUT2D eigenvalue weighted by Gasteiger charge is 2.39. The summed E-state index contributed by atoms with van der Waals surface area (Å²) in [6, 6.07) is 2.17. The second-order valence-corrected chi connectivity index (χ2v) is 5.98. The molecular formula is C12H17BrN2O. The molecule has 0 bridgehead atoms. The molecule has 1 aliphatic rings. The van der Waals surface area contributed by atoms with E-state index in [2.05, 4.69) is 42.0 Å². The molecule has 1 saturated carbocycles. The van der Waals surface area contributed by atoms with Gasteiger partial charge in [0.05, 0.1) is 0 Å². The standard InChI is InChI=1S/C12H17BrN2O/c1-8(2)15-7-9(13)6-10(15)11(16)14-12(3)4-5-12/h6-8H,4-5H2,1-3H3,(H,14,16). The molecule has 3 nitrogen and oxygen atoms in total. The Morgan fingerprint density at radius 1 is 1.56 bits per heavy atom. The molecular weight excluding hydrogens is 268 g/mol. The fourth-order valence-corrected chi connectivity index (χ4v) is 2.14. The van der Waals surface area contributed by atoms with Gasteiger partial charge in [0.15, 0.2) is 0 Å². The summed E-state index contributed by atoms with van der Waals surface area (Å²) in [6.45, 7) is 6.23. The number of hydrogen-bond donors (Lipinski definition) is 1. The van der Waals surface area contributed by atoms with Gasteiger partial charge in [0.1, 0.15) is 5.69 Å². The summed E-state index contributed by atoms with van der Waals surface area (Å²) < 4.78 is 2.94. The van der Waals surface area contributed by atoms with Crippen LogP contribution in [0.2, 0.25) is 0 Å². The van der Waals surface area contributed by atoms with Crippen LogP contribution in [0.5, 0.6) is 0 Å². The summed E-state index contributed by atoms with van der Waals surface area (Å²) in [5.74, 6) is 0.0272. The van der Waals surface area contributed by atoms with Crippen LogP contribution >= 0.6 is 15.9 Å². The number of nitrogens with zero attached hydrogens (tertiary/aromatic N) is 1. The van der Waals surface area contributed by atoms with Crippen LogP contribution < -0.4 is 5.32 Å². The number of hydrogen-bond acceptors (Lipinski definition) is 1. The fraction of sp³-hybridized carbons (Fsp3) is 0.583. The third kappa shape index (κ3) is 2.32. The Labute approximate surface area is 104 Å². The minimum Gasteiger partial charge on any atom is -0.346 e. The van der Waals surface area contributed by atoms with Gasteiger partial charge in [0.2, 0.25) is 0 Å². The zero-order valence-corrected chi connectivity index (χ0v) is 11.5. The van der Waals surface area contributed by atoms with Crippen LogP contribution in [0.1, 0.15) is 50.1 Å². The van der Waals surface area contributed by atoms with E-state index in [1.807, 2.05) is 16.8 Å². The summed E-state index contributed by atoms with van der Waals surface area (Å²) in [4.78, 5) is 12.1. The molecule has 1 fully saturated rings. The van der Waals surface area contributed by atoms with E-state index in [0.717, 1.165) is 23.0 Å². The van der Waals surface area contributed by atoms with Crippen molar-refractivity contribution < 1.29 is 4.79 Å². The van der Waals surface area contributed by atoms with Crippen molar-refractivity contribution in [2.45, 2.75) is 45.2 Å². The van der Waals surface area contributed by atoms with Crippen LogP contribution in [-0.2, 0) is 0 Å². The highest BCUT2D eigenvalue weighted by atomic mass is 79.9. The Bertz CT molecular complexity index is 419. The molecule has 2 rings (SSSR count). The van der Waals surface area contributed by atoms with Crippen LogP contribution in [0.25, 0.3) is 0 Å². The largest absolute Gasteiger partial charge is 0.346 e. The Kier molecular flexibility index (Phi) is 2.86. The molecule has 0 radical (unpaired) electrons. The third-order valence-electron chi connectivity index (χ3n) is 3.02. The van der Waals surface area contributed by atoms with Crippen molar-refractivity contribution in [3.63, 3.8) is 0 Å². The molecule has 0 atom stereocenters. The summed E-state index contributed by atoms with van der Waals surface area (Å²) in [5, 5.41) is 3.07. The molecule has 1 aromatic rings. The van der Waals surface area contributed by atoms with Crippen molar-refractivity contribution in [3.8, 4) is 0 Å². The maximum atomic E-state index is 12.1. The molecule has 1 aliphatic carbocycles. The number of nitrogens with one attached hydrogen (secondary N) is 1. The monoisotopic (exact) mass is 284 g/mol. The maximum Gasteiger partial charge on any atom is 0.268 e. The van der Waals surface area contributed by atoms with Gasteiger partial charge in [0.25, 0.3) is 5.91 Å². The minimum absolute atomic E-state index is 0.0272. The first-order valence-electron chi connectivity index (χ1n) is 5.61. The molecule has 1 aromatic heterocycles. The average molecular weight is 285 g/mol. The van der Waals surface area contributed by atoms with E-state index < -0.39 is 0 Å². The number of amides is 1. The lowest BCUT2D eigenvalue weighted by Gasteiger charge is -2.15. The number of carbonyl (C=O) groups excluding carboxylic acids is 1. The van der Waals surface area contributed by atoms with E-state index in [4.69, 9.17) is 0 Å². The molecule has 1 amide bonds. The lowest BCUT2D eigenvalue weighted by Crippen LogP contribution is -2.35. The topological polar surface area (TPSA) is 34.0 Å². The van der Waals surface area contributed by atoms with E-state index in [0.29, 0.717) is 6.04 Å². The molecule has 88 valence electrons. The van der Waals surface area contributed by atoms with Gasteiger partial charge in [-0.1, -0.05) is 0 Å². The summed E-state index contributed by atoms with van der Waals surface area (Å²) in [5.41, 5.74) is 0.769. The van der Waals surface area contributed by atoms with Gasteiger partial charge in [0, 0.05) is 22.3 Å². The van der Waals surface area contributed by atoms with Crippen LogP contribution in [0, 0.1) is 0 Å². The van der Waals surface area contributed by atoms with Crippen molar-refractivity contribution in [2.75, 3.05) is 0 Å². The Morgan fingerprint density at radius 2 is 2.19 bits per heavy atom. The van der Waals surface area contributed by atoms with Gasteiger partial charge < -0.3 is 9.88 Å². The first-order valence-corrected chi connectivity index (χ1v) is 6.40. The molecule has 0 aromatic carbocycles. The number of rotatable bonds is 3. The lowest BCUT2D eigenvalue weighted by molar-refractivity contribution is 0.0924. The van der Waals surface area contributed by atoms with Crippen LogP contribution in [0.4, 0.5) is 0 Å². The summed E-state index contributed by atoms with van der Waals surface area (Å²) in [6.07, 6.45) is 4.12. The summed E-state index contributed by atoms with van der Waals surface area (Å²) >= 11 is 3.41. The van der Waals surface area contributed by atoms with Crippen LogP contribution in [0.15, 0.2) is 16.7 Å². The molecule has 0 spiro atoms. The van der Waals surface area contributed by atoms with Crippen molar-refractivity contribution in [3.05, 3.63) is 22.4 Å². The van der Waals surface area contributed by atoms with Gasteiger partial charge in [-0.05, 0) is 55.6 Å². The molecule has 0 unspecified atom stereocenters. The molecule has 1 N–H and O–H groups in total. The number of carbonyl (C=O) groups is 1. The van der Waals surface area contributed by atoms with Gasteiger partial charge >= 0.3 is 0 Å². The molecule has 1 heterocycles. The number of aromatic nitrogens is 1.